The summed E-state index contributed by atoms with van der Waals surface area (Å²) in [6.45, 7) is 0.970. The number of nitrogens with two attached hydrogens (primary N) is 1. The molecular weight excluding hydrogens is 350 g/mol. The third-order valence-electron chi connectivity index (χ3n) is 4.65. The summed E-state index contributed by atoms with van der Waals surface area (Å²) in [5.41, 5.74) is 6.83. The molecule has 2 aromatic rings. The van der Waals surface area contributed by atoms with Crippen LogP contribution in [0.2, 0.25) is 0 Å². The molecule has 2 saturated heterocycles. The van der Waals surface area contributed by atoms with Crippen LogP contribution in [0.5, 0.6) is 0 Å². The van der Waals surface area contributed by atoms with Crippen molar-refractivity contribution in [3.8, 4) is 0 Å². The molecule has 0 amide bonds. The number of imidazole rings is 1. The second kappa shape index (κ2) is 4.91. The van der Waals surface area contributed by atoms with E-state index in [0.29, 0.717) is 17.8 Å². The van der Waals surface area contributed by atoms with Gasteiger partial charge in [-0.25, -0.2) is 9.97 Å². The normalized spacial score (nSPS) is 25.6. The lowest BCUT2D eigenvalue weighted by atomic mass is 9.93. The molecule has 0 aliphatic carbocycles. The van der Waals surface area contributed by atoms with Crippen LogP contribution in [0.25, 0.3) is 5.52 Å². The molecule has 0 spiro atoms. The maximum Gasteiger partial charge on any atom is 0.150 e. The molecule has 2 aliphatic rings. The average molecular weight is 366 g/mol. The standard InChI is InChI=1S/C14H16BrN5S/c15-12-11-13(16)17-5-6-19(11)14(18-12)8-1-2-9-3-4-10(21)20(9)7-8/h5-6,8-9H,1-4,7H2,(H2,16,17)/t8-,9+/m1/s1. The predicted molar refractivity (Wildman–Crippen MR) is 89.4 cm³/mol. The number of hydrogen-bond donors (Lipinski definition) is 1. The number of thiocarbonyl (C=S) groups is 1. The van der Waals surface area contributed by atoms with Crippen molar-refractivity contribution in [1.82, 2.24) is 19.3 Å². The summed E-state index contributed by atoms with van der Waals surface area (Å²) in [4.78, 5) is 12.4. The summed E-state index contributed by atoms with van der Waals surface area (Å²) in [6, 6.07) is 0.648. The Labute approximate surface area is 136 Å². The van der Waals surface area contributed by atoms with E-state index in [4.69, 9.17) is 22.9 Å². The van der Waals surface area contributed by atoms with Gasteiger partial charge in [0, 0.05) is 30.9 Å². The van der Waals surface area contributed by atoms with Crippen molar-refractivity contribution in [1.29, 1.82) is 0 Å². The van der Waals surface area contributed by atoms with E-state index in [-0.39, 0.29) is 0 Å². The monoisotopic (exact) mass is 365 g/mol. The SMILES string of the molecule is Nc1nccn2c([C@@H]3CC[C@H]4CCC(=S)N4C3)nc(Br)c12. The first-order valence-electron chi connectivity index (χ1n) is 7.22. The van der Waals surface area contributed by atoms with Gasteiger partial charge in [-0.1, -0.05) is 12.2 Å². The molecule has 0 unspecified atom stereocenters. The van der Waals surface area contributed by atoms with Crippen molar-refractivity contribution in [2.24, 2.45) is 0 Å². The first kappa shape index (κ1) is 13.5. The minimum absolute atomic E-state index is 0.387. The predicted octanol–water partition coefficient (Wildman–Crippen LogP) is 2.74. The highest BCUT2D eigenvalue weighted by atomic mass is 79.9. The van der Waals surface area contributed by atoms with Crippen molar-refractivity contribution in [3.05, 3.63) is 22.8 Å². The number of nitrogen functional groups attached to an aromatic ring is 1. The molecule has 2 fully saturated rings. The molecule has 2 aliphatic heterocycles. The summed E-state index contributed by atoms with van der Waals surface area (Å²) in [7, 11) is 0. The summed E-state index contributed by atoms with van der Waals surface area (Å²) >= 11 is 9.01. The third kappa shape index (κ3) is 2.05. The maximum atomic E-state index is 5.97. The summed E-state index contributed by atoms with van der Waals surface area (Å²) < 4.78 is 2.84. The number of halogens is 1. The molecule has 2 aromatic heterocycles. The second-order valence-electron chi connectivity index (χ2n) is 5.80. The molecule has 4 rings (SSSR count). The first-order valence-corrected chi connectivity index (χ1v) is 8.42. The average Bonchev–Trinajstić information content (AvgIpc) is 3.01. The lowest BCUT2D eigenvalue weighted by Gasteiger charge is -2.35. The Morgan fingerprint density at radius 3 is 3.05 bits per heavy atom. The minimum Gasteiger partial charge on any atom is -0.382 e. The Bertz CT molecular complexity index is 727. The Kier molecular flexibility index (Phi) is 3.15. The lowest BCUT2D eigenvalue weighted by Crippen LogP contribution is -2.40. The van der Waals surface area contributed by atoms with Gasteiger partial charge in [-0.15, -0.1) is 0 Å². The van der Waals surface area contributed by atoms with E-state index in [2.05, 4.69) is 30.2 Å². The van der Waals surface area contributed by atoms with Crippen LogP contribution in [-0.4, -0.2) is 36.8 Å². The number of aromatic nitrogens is 3. The van der Waals surface area contributed by atoms with Crippen LogP contribution in [0.1, 0.15) is 37.4 Å². The van der Waals surface area contributed by atoms with E-state index in [1.54, 1.807) is 6.20 Å². The van der Waals surface area contributed by atoms with Gasteiger partial charge in [0.2, 0.25) is 0 Å². The van der Waals surface area contributed by atoms with Gasteiger partial charge < -0.3 is 10.6 Å². The second-order valence-corrected chi connectivity index (χ2v) is 7.03. The summed E-state index contributed by atoms with van der Waals surface area (Å²) in [6.07, 6.45) is 8.29. The molecule has 0 aromatic carbocycles. The smallest absolute Gasteiger partial charge is 0.150 e. The molecule has 0 bridgehead atoms. The fraction of sp³-hybridized carbons (Fsp3) is 0.500. The Morgan fingerprint density at radius 2 is 2.19 bits per heavy atom. The minimum atomic E-state index is 0.387. The zero-order valence-corrected chi connectivity index (χ0v) is 13.9. The topological polar surface area (TPSA) is 59.4 Å². The van der Waals surface area contributed by atoms with Gasteiger partial charge in [-0.05, 0) is 41.6 Å². The van der Waals surface area contributed by atoms with Crippen molar-refractivity contribution in [2.45, 2.75) is 37.6 Å². The van der Waals surface area contributed by atoms with Gasteiger partial charge in [-0.3, -0.25) is 4.40 Å². The quantitative estimate of drug-likeness (QED) is 0.787. The van der Waals surface area contributed by atoms with Gasteiger partial charge in [0.1, 0.15) is 15.9 Å². The van der Waals surface area contributed by atoms with Crippen molar-refractivity contribution >= 4 is 44.5 Å². The zero-order valence-electron chi connectivity index (χ0n) is 11.5. The van der Waals surface area contributed by atoms with E-state index in [1.165, 1.54) is 12.8 Å². The molecule has 2 N–H and O–H groups in total. The Morgan fingerprint density at radius 1 is 1.33 bits per heavy atom. The molecule has 4 heterocycles. The molecule has 0 saturated carbocycles. The maximum absolute atomic E-state index is 5.97. The van der Waals surface area contributed by atoms with Gasteiger partial charge in [0.15, 0.2) is 5.82 Å². The fourth-order valence-corrected chi connectivity index (χ4v) is 4.53. The third-order valence-corrected chi connectivity index (χ3v) is 5.64. The number of nitrogens with zero attached hydrogens (tertiary/aromatic N) is 4. The summed E-state index contributed by atoms with van der Waals surface area (Å²) in [5.74, 6) is 1.95. The van der Waals surface area contributed by atoms with Crippen LogP contribution >= 0.6 is 28.1 Å². The first-order chi connectivity index (χ1) is 10.1. The van der Waals surface area contributed by atoms with E-state index in [9.17, 15) is 0 Å². The number of anilines is 1. The van der Waals surface area contributed by atoms with Gasteiger partial charge in [0.05, 0.1) is 4.99 Å². The van der Waals surface area contributed by atoms with E-state index in [1.807, 2.05) is 6.20 Å². The lowest BCUT2D eigenvalue weighted by molar-refractivity contribution is 0.236. The number of fused-ring (bicyclic) bond motifs is 2. The van der Waals surface area contributed by atoms with Crippen molar-refractivity contribution in [2.75, 3.05) is 12.3 Å². The van der Waals surface area contributed by atoms with Gasteiger partial charge >= 0.3 is 0 Å². The molecule has 7 heteroatoms. The Hall–Kier alpha value is -1.21. The largest absolute Gasteiger partial charge is 0.382 e. The molecular formula is C14H16BrN5S. The highest BCUT2D eigenvalue weighted by molar-refractivity contribution is 9.10. The molecule has 110 valence electrons. The number of hydrogen-bond acceptors (Lipinski definition) is 4. The zero-order chi connectivity index (χ0) is 14.6. The van der Waals surface area contributed by atoms with E-state index in [0.717, 1.165) is 40.3 Å². The summed E-state index contributed by atoms with van der Waals surface area (Å²) in [5, 5.41) is 0. The molecule has 5 nitrogen and oxygen atoms in total. The van der Waals surface area contributed by atoms with Gasteiger partial charge in [0.25, 0.3) is 0 Å². The fourth-order valence-electron chi connectivity index (χ4n) is 3.61. The number of piperidine rings is 1. The van der Waals surface area contributed by atoms with Gasteiger partial charge in [-0.2, -0.15) is 0 Å². The number of rotatable bonds is 1. The Balaban J connectivity index is 1.74. The highest BCUT2D eigenvalue weighted by Gasteiger charge is 2.36. The molecule has 2 atom stereocenters. The van der Waals surface area contributed by atoms with Crippen molar-refractivity contribution in [3.63, 3.8) is 0 Å². The van der Waals surface area contributed by atoms with Crippen LogP contribution in [0.4, 0.5) is 5.82 Å². The van der Waals surface area contributed by atoms with Crippen molar-refractivity contribution < 1.29 is 0 Å². The van der Waals surface area contributed by atoms with E-state index < -0.39 is 0 Å². The molecule has 21 heavy (non-hydrogen) atoms. The molecule has 0 radical (unpaired) electrons. The highest BCUT2D eigenvalue weighted by Crippen LogP contribution is 2.37. The van der Waals surface area contributed by atoms with Crippen LogP contribution in [0.3, 0.4) is 0 Å². The van der Waals surface area contributed by atoms with Crippen LogP contribution in [-0.2, 0) is 0 Å². The van der Waals surface area contributed by atoms with Crippen LogP contribution < -0.4 is 5.73 Å². The van der Waals surface area contributed by atoms with Crippen LogP contribution in [0.15, 0.2) is 17.0 Å². The van der Waals surface area contributed by atoms with E-state index >= 15 is 0 Å². The van der Waals surface area contributed by atoms with Crippen LogP contribution in [0, 0.1) is 0 Å².